The van der Waals surface area contributed by atoms with Crippen LogP contribution in [0.5, 0.6) is 0 Å². The Morgan fingerprint density at radius 2 is 1.84 bits per heavy atom. The summed E-state index contributed by atoms with van der Waals surface area (Å²) in [6.45, 7) is 1.30. The summed E-state index contributed by atoms with van der Waals surface area (Å²) in [6, 6.07) is 10.5. The predicted molar refractivity (Wildman–Crippen MR) is 87.7 cm³/mol. The van der Waals surface area contributed by atoms with Gasteiger partial charge in [-0.2, -0.15) is 0 Å². The van der Waals surface area contributed by atoms with Gasteiger partial charge in [0.1, 0.15) is 5.82 Å². The van der Waals surface area contributed by atoms with Crippen LogP contribution in [0.2, 0.25) is 0 Å². The molecule has 0 radical (unpaired) electrons. The maximum Gasteiger partial charge on any atom is 0.341 e. The van der Waals surface area contributed by atoms with Crippen LogP contribution in [0, 0.1) is 5.82 Å². The van der Waals surface area contributed by atoms with E-state index in [1.807, 2.05) is 0 Å². The van der Waals surface area contributed by atoms with Gasteiger partial charge in [-0.15, -0.1) is 0 Å². The number of sulfonamides is 1. The van der Waals surface area contributed by atoms with Crippen LogP contribution in [0.25, 0.3) is 0 Å². The molecule has 9 heteroatoms. The molecule has 0 aliphatic heterocycles. The number of primary sulfonamides is 1. The summed E-state index contributed by atoms with van der Waals surface area (Å²) in [5.74, 6) is -2.46. The van der Waals surface area contributed by atoms with Crippen LogP contribution in [-0.4, -0.2) is 26.4 Å². The fourth-order valence-corrected chi connectivity index (χ4v) is 2.46. The Morgan fingerprint density at radius 1 is 1.16 bits per heavy atom. The van der Waals surface area contributed by atoms with Crippen molar-refractivity contribution in [3.05, 3.63) is 59.9 Å². The molecule has 0 saturated heterocycles. The van der Waals surface area contributed by atoms with Crippen LogP contribution in [0.3, 0.4) is 0 Å². The van der Waals surface area contributed by atoms with Crippen molar-refractivity contribution < 1.29 is 27.1 Å². The van der Waals surface area contributed by atoms with Crippen molar-refractivity contribution in [2.75, 3.05) is 5.32 Å². The van der Waals surface area contributed by atoms with E-state index >= 15 is 0 Å². The fraction of sp³-hybridized carbons (Fsp3) is 0.125. The molecule has 2 aromatic carbocycles. The van der Waals surface area contributed by atoms with E-state index in [9.17, 15) is 22.4 Å². The summed E-state index contributed by atoms with van der Waals surface area (Å²) in [5, 5.41) is 7.41. The molecule has 132 valence electrons. The highest BCUT2D eigenvalue weighted by atomic mass is 32.2. The van der Waals surface area contributed by atoms with Crippen molar-refractivity contribution in [1.29, 1.82) is 0 Å². The highest BCUT2D eigenvalue weighted by Gasteiger charge is 2.21. The highest BCUT2D eigenvalue weighted by molar-refractivity contribution is 7.89. The Balaban J connectivity index is 2.06. The lowest BCUT2D eigenvalue weighted by molar-refractivity contribution is -0.123. The van der Waals surface area contributed by atoms with E-state index in [-0.39, 0.29) is 16.1 Å². The number of hydrogen-bond acceptors (Lipinski definition) is 5. The average molecular weight is 366 g/mol. The zero-order valence-electron chi connectivity index (χ0n) is 13.1. The molecular weight excluding hydrogens is 351 g/mol. The van der Waals surface area contributed by atoms with E-state index in [1.54, 1.807) is 0 Å². The molecule has 2 rings (SSSR count). The van der Waals surface area contributed by atoms with Gasteiger partial charge in [-0.3, -0.25) is 4.79 Å². The van der Waals surface area contributed by atoms with Crippen molar-refractivity contribution in [1.82, 2.24) is 0 Å². The summed E-state index contributed by atoms with van der Waals surface area (Å²) in [4.78, 5) is 23.8. The Hall–Kier alpha value is -2.78. The van der Waals surface area contributed by atoms with Gasteiger partial charge in [-0.05, 0) is 37.3 Å². The second kappa shape index (κ2) is 7.41. The molecule has 1 amide bonds. The zero-order chi connectivity index (χ0) is 18.6. The molecule has 0 fully saturated rings. The lowest BCUT2D eigenvalue weighted by Crippen LogP contribution is -2.30. The summed E-state index contributed by atoms with van der Waals surface area (Å²) in [5.41, 5.74) is -0.135. The maximum absolute atomic E-state index is 13.5. The summed E-state index contributed by atoms with van der Waals surface area (Å²) in [7, 11) is -3.92. The van der Waals surface area contributed by atoms with Crippen LogP contribution >= 0.6 is 0 Å². The van der Waals surface area contributed by atoms with Crippen molar-refractivity contribution >= 4 is 27.6 Å². The van der Waals surface area contributed by atoms with Crippen molar-refractivity contribution in [3.8, 4) is 0 Å². The number of nitrogens with one attached hydrogen (secondary N) is 1. The van der Waals surface area contributed by atoms with E-state index in [2.05, 4.69) is 5.32 Å². The lowest BCUT2D eigenvalue weighted by atomic mass is 10.2. The predicted octanol–water partition coefficient (Wildman–Crippen LogP) is 1.66. The lowest BCUT2D eigenvalue weighted by Gasteiger charge is -2.14. The number of carbonyl (C=O) groups excluding carboxylic acids is 2. The Bertz CT molecular complexity index is 914. The van der Waals surface area contributed by atoms with E-state index in [1.165, 1.54) is 49.4 Å². The Labute approximate surface area is 143 Å². The molecule has 0 heterocycles. The SMILES string of the molecule is C[C@H](OC(=O)c1ccccc1F)C(=O)Nc1cccc(S(N)(=O)=O)c1. The number of amides is 1. The first-order valence-electron chi connectivity index (χ1n) is 7.07. The van der Waals surface area contributed by atoms with Gasteiger partial charge in [0.05, 0.1) is 10.5 Å². The monoisotopic (exact) mass is 366 g/mol. The largest absolute Gasteiger partial charge is 0.449 e. The molecule has 3 N–H and O–H groups in total. The van der Waals surface area contributed by atoms with Gasteiger partial charge in [0.2, 0.25) is 10.0 Å². The van der Waals surface area contributed by atoms with Gasteiger partial charge in [-0.25, -0.2) is 22.7 Å². The van der Waals surface area contributed by atoms with Crippen LogP contribution in [-0.2, 0) is 19.6 Å². The number of esters is 1. The molecule has 0 saturated carbocycles. The number of halogens is 1. The number of benzene rings is 2. The fourth-order valence-electron chi connectivity index (χ4n) is 1.90. The molecule has 0 aliphatic carbocycles. The molecule has 2 aromatic rings. The first-order valence-corrected chi connectivity index (χ1v) is 8.62. The standard InChI is InChI=1S/C16H15FN2O5S/c1-10(24-16(21)13-7-2-3-8-14(13)17)15(20)19-11-5-4-6-12(9-11)25(18,22)23/h2-10H,1H3,(H,19,20)(H2,18,22,23)/t10-/m0/s1. The van der Waals surface area contributed by atoms with Gasteiger partial charge in [-0.1, -0.05) is 18.2 Å². The second-order valence-electron chi connectivity index (χ2n) is 5.09. The average Bonchev–Trinajstić information content (AvgIpc) is 2.54. The van der Waals surface area contributed by atoms with Crippen LogP contribution in [0.15, 0.2) is 53.4 Å². The third-order valence-electron chi connectivity index (χ3n) is 3.18. The van der Waals surface area contributed by atoms with Crippen molar-refractivity contribution in [3.63, 3.8) is 0 Å². The smallest absolute Gasteiger partial charge is 0.341 e. The molecule has 7 nitrogen and oxygen atoms in total. The molecule has 0 aliphatic rings. The number of rotatable bonds is 5. The Morgan fingerprint density at radius 3 is 2.48 bits per heavy atom. The minimum Gasteiger partial charge on any atom is -0.449 e. The quantitative estimate of drug-likeness (QED) is 0.781. The second-order valence-corrected chi connectivity index (χ2v) is 6.65. The molecular formula is C16H15FN2O5S. The van der Waals surface area contributed by atoms with Crippen molar-refractivity contribution in [2.24, 2.45) is 5.14 Å². The molecule has 1 atom stereocenters. The minimum atomic E-state index is -3.92. The topological polar surface area (TPSA) is 116 Å². The molecule has 0 spiro atoms. The van der Waals surface area contributed by atoms with Crippen LogP contribution in [0.4, 0.5) is 10.1 Å². The van der Waals surface area contributed by atoms with Gasteiger partial charge < -0.3 is 10.1 Å². The number of hydrogen-bond donors (Lipinski definition) is 2. The maximum atomic E-state index is 13.5. The van der Waals surface area contributed by atoms with Crippen LogP contribution < -0.4 is 10.5 Å². The number of carbonyl (C=O) groups is 2. The van der Waals surface area contributed by atoms with Gasteiger partial charge in [0.25, 0.3) is 5.91 Å². The third kappa shape index (κ3) is 4.85. The molecule has 0 bridgehead atoms. The molecule has 0 unspecified atom stereocenters. The first-order chi connectivity index (χ1) is 11.7. The number of ether oxygens (including phenoxy) is 1. The first kappa shape index (κ1) is 18.6. The molecule has 0 aromatic heterocycles. The van der Waals surface area contributed by atoms with E-state index < -0.39 is 33.8 Å². The van der Waals surface area contributed by atoms with E-state index in [4.69, 9.17) is 9.88 Å². The summed E-state index contributed by atoms with van der Waals surface area (Å²) in [6.07, 6.45) is -1.23. The van der Waals surface area contributed by atoms with Crippen LogP contribution in [0.1, 0.15) is 17.3 Å². The molecule has 25 heavy (non-hydrogen) atoms. The Kier molecular flexibility index (Phi) is 5.50. The normalized spacial score (nSPS) is 12.3. The zero-order valence-corrected chi connectivity index (χ0v) is 13.9. The summed E-state index contributed by atoms with van der Waals surface area (Å²) >= 11 is 0. The van der Waals surface area contributed by atoms with E-state index in [0.717, 1.165) is 6.07 Å². The summed E-state index contributed by atoms with van der Waals surface area (Å²) < 4.78 is 41.0. The highest BCUT2D eigenvalue weighted by Crippen LogP contribution is 2.15. The van der Waals surface area contributed by atoms with E-state index in [0.29, 0.717) is 0 Å². The minimum absolute atomic E-state index is 0.158. The van der Waals surface area contributed by atoms with Gasteiger partial charge >= 0.3 is 5.97 Å². The number of nitrogens with two attached hydrogens (primary N) is 1. The number of anilines is 1. The van der Waals surface area contributed by atoms with Gasteiger partial charge in [0, 0.05) is 5.69 Å². The van der Waals surface area contributed by atoms with Gasteiger partial charge in [0.15, 0.2) is 6.10 Å². The third-order valence-corrected chi connectivity index (χ3v) is 4.09. The van der Waals surface area contributed by atoms with Crippen molar-refractivity contribution in [2.45, 2.75) is 17.9 Å².